The zero-order chi connectivity index (χ0) is 11.7. The summed E-state index contributed by atoms with van der Waals surface area (Å²) in [5.74, 6) is 1.79. The molecule has 17 heavy (non-hydrogen) atoms. The molecule has 92 valence electrons. The Kier molecular flexibility index (Phi) is 2.96. The highest BCUT2D eigenvalue weighted by molar-refractivity contribution is 7.71. The first-order chi connectivity index (χ1) is 8.33. The van der Waals surface area contributed by atoms with Crippen molar-refractivity contribution in [2.45, 2.75) is 25.7 Å². The number of rotatable bonds is 2. The van der Waals surface area contributed by atoms with Gasteiger partial charge < -0.3 is 9.80 Å². The van der Waals surface area contributed by atoms with Crippen molar-refractivity contribution in [1.82, 2.24) is 15.0 Å². The van der Waals surface area contributed by atoms with Gasteiger partial charge in [0, 0.05) is 26.2 Å². The van der Waals surface area contributed by atoms with E-state index in [-0.39, 0.29) is 0 Å². The molecule has 1 aromatic heterocycles. The van der Waals surface area contributed by atoms with Crippen LogP contribution in [0.5, 0.6) is 0 Å². The van der Waals surface area contributed by atoms with Crippen LogP contribution in [0.3, 0.4) is 0 Å². The largest absolute Gasteiger partial charge is 0.342 e. The Morgan fingerprint density at radius 3 is 1.65 bits per heavy atom. The molecule has 0 unspecified atom stereocenters. The van der Waals surface area contributed by atoms with E-state index >= 15 is 0 Å². The Hall–Kier alpha value is -1.17. The van der Waals surface area contributed by atoms with Crippen LogP contribution in [-0.4, -0.2) is 41.1 Å². The van der Waals surface area contributed by atoms with Gasteiger partial charge in [0.15, 0.2) is 0 Å². The molecule has 0 radical (unpaired) electrons. The lowest BCUT2D eigenvalue weighted by molar-refractivity contribution is 0.831. The minimum atomic E-state index is 0.451. The predicted octanol–water partition coefficient (Wildman–Crippen LogP) is 1.73. The number of H-pyrrole nitrogens is 1. The van der Waals surface area contributed by atoms with Gasteiger partial charge in [-0.2, -0.15) is 9.97 Å². The van der Waals surface area contributed by atoms with Crippen LogP contribution in [0.4, 0.5) is 11.9 Å². The summed E-state index contributed by atoms with van der Waals surface area (Å²) < 4.78 is 0.451. The molecular weight excluding hydrogens is 234 g/mol. The number of nitrogens with one attached hydrogen (secondary N) is 1. The van der Waals surface area contributed by atoms with Crippen LogP contribution in [0.15, 0.2) is 0 Å². The van der Waals surface area contributed by atoms with E-state index in [0.717, 1.165) is 38.1 Å². The van der Waals surface area contributed by atoms with Crippen LogP contribution in [0.1, 0.15) is 25.7 Å². The molecule has 0 saturated carbocycles. The molecule has 0 aromatic carbocycles. The lowest BCUT2D eigenvalue weighted by Gasteiger charge is -2.20. The second kappa shape index (κ2) is 4.60. The van der Waals surface area contributed by atoms with Gasteiger partial charge in [0.25, 0.3) is 0 Å². The van der Waals surface area contributed by atoms with Crippen molar-refractivity contribution < 1.29 is 0 Å². The SMILES string of the molecule is S=c1nc(N2CCCC2)[nH]c(N2CCCC2)n1. The average molecular weight is 251 g/mol. The topological polar surface area (TPSA) is 48.1 Å². The van der Waals surface area contributed by atoms with Gasteiger partial charge in [0.2, 0.25) is 16.7 Å². The Bertz CT molecular complexity index is 408. The molecule has 0 atom stereocenters. The number of nitrogens with zero attached hydrogens (tertiary/aromatic N) is 4. The molecule has 0 aliphatic carbocycles. The van der Waals surface area contributed by atoms with E-state index in [4.69, 9.17) is 12.2 Å². The molecule has 0 spiro atoms. The van der Waals surface area contributed by atoms with Crippen molar-refractivity contribution in [3.8, 4) is 0 Å². The van der Waals surface area contributed by atoms with Crippen molar-refractivity contribution in [3.05, 3.63) is 4.77 Å². The third-order valence-corrected chi connectivity index (χ3v) is 3.62. The van der Waals surface area contributed by atoms with Crippen LogP contribution in [0.2, 0.25) is 0 Å². The lowest BCUT2D eigenvalue weighted by atomic mass is 10.4. The normalized spacial score (nSPS) is 20.2. The molecule has 2 aliphatic rings. The molecule has 3 rings (SSSR count). The van der Waals surface area contributed by atoms with Crippen LogP contribution in [0, 0.1) is 4.77 Å². The Balaban J connectivity index is 1.91. The number of aromatic amines is 1. The highest BCUT2D eigenvalue weighted by Crippen LogP contribution is 2.20. The fraction of sp³-hybridized carbons (Fsp3) is 0.727. The van der Waals surface area contributed by atoms with E-state index in [1.807, 2.05) is 0 Å². The maximum Gasteiger partial charge on any atom is 0.225 e. The monoisotopic (exact) mass is 251 g/mol. The summed E-state index contributed by atoms with van der Waals surface area (Å²) >= 11 is 5.16. The van der Waals surface area contributed by atoms with Gasteiger partial charge in [-0.1, -0.05) is 0 Å². The van der Waals surface area contributed by atoms with Gasteiger partial charge in [0.1, 0.15) is 0 Å². The summed E-state index contributed by atoms with van der Waals surface area (Å²) in [5, 5.41) is 0. The molecule has 1 aromatic rings. The van der Waals surface area contributed by atoms with Crippen LogP contribution >= 0.6 is 12.2 Å². The van der Waals surface area contributed by atoms with E-state index in [9.17, 15) is 0 Å². The summed E-state index contributed by atoms with van der Waals surface area (Å²) in [5.41, 5.74) is 0. The number of anilines is 2. The molecule has 2 aliphatic heterocycles. The molecule has 2 fully saturated rings. The van der Waals surface area contributed by atoms with E-state index < -0.39 is 0 Å². The third kappa shape index (κ3) is 2.26. The maximum absolute atomic E-state index is 5.16. The first-order valence-electron chi connectivity index (χ1n) is 6.31. The summed E-state index contributed by atoms with van der Waals surface area (Å²) in [6, 6.07) is 0. The molecule has 5 nitrogen and oxygen atoms in total. The standard InChI is InChI=1S/C11H17N5S/c17-11-13-9(15-5-1-2-6-15)12-10(14-11)16-7-3-4-8-16/h1-8H2,(H,12,13,14,17). The zero-order valence-electron chi connectivity index (χ0n) is 9.85. The molecule has 0 amide bonds. The fourth-order valence-corrected chi connectivity index (χ4v) is 2.69. The van der Waals surface area contributed by atoms with Crippen molar-refractivity contribution in [2.24, 2.45) is 0 Å². The summed E-state index contributed by atoms with van der Waals surface area (Å²) in [6.07, 6.45) is 4.96. The first-order valence-corrected chi connectivity index (χ1v) is 6.72. The van der Waals surface area contributed by atoms with Crippen molar-refractivity contribution >= 4 is 24.1 Å². The number of hydrogen-bond donors (Lipinski definition) is 1. The minimum absolute atomic E-state index is 0.451. The van der Waals surface area contributed by atoms with Gasteiger partial charge >= 0.3 is 0 Å². The van der Waals surface area contributed by atoms with E-state index in [1.165, 1.54) is 25.7 Å². The van der Waals surface area contributed by atoms with Crippen molar-refractivity contribution in [1.29, 1.82) is 0 Å². The van der Waals surface area contributed by atoms with Crippen LogP contribution in [-0.2, 0) is 0 Å². The third-order valence-electron chi connectivity index (χ3n) is 3.44. The number of aromatic nitrogens is 3. The van der Waals surface area contributed by atoms with E-state index in [2.05, 4.69) is 24.8 Å². The first kappa shape index (κ1) is 11.0. The molecule has 1 N–H and O–H groups in total. The van der Waals surface area contributed by atoms with Gasteiger partial charge in [-0.05, 0) is 37.9 Å². The summed E-state index contributed by atoms with van der Waals surface area (Å²) in [6.45, 7) is 4.28. The van der Waals surface area contributed by atoms with Gasteiger partial charge in [0.05, 0.1) is 0 Å². The molecule has 0 bridgehead atoms. The maximum atomic E-state index is 5.16. The van der Waals surface area contributed by atoms with Crippen molar-refractivity contribution in [3.63, 3.8) is 0 Å². The molecule has 3 heterocycles. The fourth-order valence-electron chi connectivity index (χ4n) is 2.52. The molecule has 6 heteroatoms. The quantitative estimate of drug-likeness (QED) is 0.811. The average Bonchev–Trinajstić information content (AvgIpc) is 3.02. The Labute approximate surface area is 106 Å². The highest BCUT2D eigenvalue weighted by Gasteiger charge is 2.18. The highest BCUT2D eigenvalue weighted by atomic mass is 32.1. The predicted molar refractivity (Wildman–Crippen MR) is 70.1 cm³/mol. The van der Waals surface area contributed by atoms with Gasteiger partial charge in [-0.15, -0.1) is 0 Å². The smallest absolute Gasteiger partial charge is 0.225 e. The summed E-state index contributed by atoms with van der Waals surface area (Å²) in [4.78, 5) is 16.5. The van der Waals surface area contributed by atoms with Crippen molar-refractivity contribution in [2.75, 3.05) is 36.0 Å². The van der Waals surface area contributed by atoms with Crippen LogP contribution in [0.25, 0.3) is 0 Å². The minimum Gasteiger partial charge on any atom is -0.342 e. The molecule has 2 saturated heterocycles. The van der Waals surface area contributed by atoms with E-state index in [0.29, 0.717) is 4.77 Å². The Morgan fingerprint density at radius 1 is 0.824 bits per heavy atom. The second-order valence-electron chi connectivity index (χ2n) is 4.67. The zero-order valence-corrected chi connectivity index (χ0v) is 10.7. The van der Waals surface area contributed by atoms with Gasteiger partial charge in [-0.3, -0.25) is 4.98 Å². The van der Waals surface area contributed by atoms with Gasteiger partial charge in [-0.25, -0.2) is 0 Å². The second-order valence-corrected chi connectivity index (χ2v) is 5.03. The Morgan fingerprint density at radius 2 is 1.24 bits per heavy atom. The van der Waals surface area contributed by atoms with Crippen LogP contribution < -0.4 is 9.80 Å². The van der Waals surface area contributed by atoms with E-state index in [1.54, 1.807) is 0 Å². The lowest BCUT2D eigenvalue weighted by Crippen LogP contribution is -2.25. The number of hydrogen-bond acceptors (Lipinski definition) is 5. The summed E-state index contributed by atoms with van der Waals surface area (Å²) in [7, 11) is 0. The molecular formula is C11H17N5S.